The Bertz CT molecular complexity index is 221. The van der Waals surface area contributed by atoms with Crippen LogP contribution < -0.4 is 0 Å². The second kappa shape index (κ2) is 5.74. The summed E-state index contributed by atoms with van der Waals surface area (Å²) < 4.78 is 108. The SMILES string of the molecule is F.FC(F)C(F)(F)COC(F)(F)CC(F)(F)F. The number of halogens is 10. The van der Waals surface area contributed by atoms with Crippen LogP contribution in [0.2, 0.25) is 0 Å². The molecule has 0 radical (unpaired) electrons. The normalized spacial score (nSPS) is 13.8. The highest BCUT2D eigenvalue weighted by molar-refractivity contribution is 4.70. The van der Waals surface area contributed by atoms with Crippen molar-refractivity contribution in [2.75, 3.05) is 6.61 Å². The van der Waals surface area contributed by atoms with Crippen molar-refractivity contribution in [1.82, 2.24) is 0 Å². The van der Waals surface area contributed by atoms with E-state index in [2.05, 4.69) is 4.74 Å². The largest absolute Gasteiger partial charge is 0.397 e. The van der Waals surface area contributed by atoms with Gasteiger partial charge in [-0.1, -0.05) is 0 Å². The number of rotatable bonds is 5. The molecule has 0 saturated carbocycles. The molecular formula is C6H6F10O. The second-order valence-corrected chi connectivity index (χ2v) is 2.78. The van der Waals surface area contributed by atoms with Gasteiger partial charge in [-0.05, 0) is 0 Å². The van der Waals surface area contributed by atoms with Gasteiger partial charge in [0.2, 0.25) is 0 Å². The van der Waals surface area contributed by atoms with Gasteiger partial charge in [-0.15, -0.1) is 0 Å². The third-order valence-electron chi connectivity index (χ3n) is 1.20. The fraction of sp³-hybridized carbons (Fsp3) is 1.00. The summed E-state index contributed by atoms with van der Waals surface area (Å²) in [6.07, 6.45) is -17.4. The molecule has 0 aliphatic carbocycles. The number of ether oxygens (including phenoxy) is 1. The Morgan fingerprint density at radius 3 is 1.59 bits per heavy atom. The Morgan fingerprint density at radius 2 is 1.29 bits per heavy atom. The van der Waals surface area contributed by atoms with Crippen molar-refractivity contribution in [2.45, 2.75) is 31.1 Å². The predicted molar refractivity (Wildman–Crippen MR) is 35.0 cm³/mol. The Morgan fingerprint density at radius 1 is 0.882 bits per heavy atom. The van der Waals surface area contributed by atoms with Crippen molar-refractivity contribution in [2.24, 2.45) is 0 Å². The van der Waals surface area contributed by atoms with Crippen LogP contribution >= 0.6 is 0 Å². The quantitative estimate of drug-likeness (QED) is 0.701. The first-order chi connectivity index (χ1) is 6.86. The van der Waals surface area contributed by atoms with Crippen molar-refractivity contribution in [3.63, 3.8) is 0 Å². The fourth-order valence-corrected chi connectivity index (χ4v) is 0.549. The van der Waals surface area contributed by atoms with E-state index in [1.165, 1.54) is 0 Å². The second-order valence-electron chi connectivity index (χ2n) is 2.78. The average molecular weight is 284 g/mol. The molecule has 0 aliphatic heterocycles. The van der Waals surface area contributed by atoms with Crippen LogP contribution in [0.4, 0.5) is 44.2 Å². The molecule has 106 valence electrons. The number of alkyl halides is 9. The van der Waals surface area contributed by atoms with E-state index in [0.717, 1.165) is 0 Å². The first-order valence-electron chi connectivity index (χ1n) is 3.60. The molecular weight excluding hydrogens is 278 g/mol. The van der Waals surface area contributed by atoms with Crippen LogP contribution in [0.15, 0.2) is 0 Å². The summed E-state index contributed by atoms with van der Waals surface area (Å²) >= 11 is 0. The third kappa shape index (κ3) is 8.05. The van der Waals surface area contributed by atoms with Crippen LogP contribution in [0, 0.1) is 0 Å². The van der Waals surface area contributed by atoms with Gasteiger partial charge in [0.1, 0.15) is 13.0 Å². The topological polar surface area (TPSA) is 9.23 Å². The van der Waals surface area contributed by atoms with E-state index < -0.39 is 37.7 Å². The molecule has 0 fully saturated rings. The van der Waals surface area contributed by atoms with Crippen molar-refractivity contribution in [3.8, 4) is 0 Å². The summed E-state index contributed by atoms with van der Waals surface area (Å²) in [6.45, 7) is -2.49. The lowest BCUT2D eigenvalue weighted by molar-refractivity contribution is -0.316. The molecule has 0 N–H and O–H groups in total. The van der Waals surface area contributed by atoms with Crippen molar-refractivity contribution < 1.29 is 49.0 Å². The van der Waals surface area contributed by atoms with Gasteiger partial charge in [-0.25, -0.2) is 8.78 Å². The van der Waals surface area contributed by atoms with E-state index in [0.29, 0.717) is 0 Å². The highest BCUT2D eigenvalue weighted by Crippen LogP contribution is 2.34. The Labute approximate surface area is 87.9 Å². The molecule has 0 atom stereocenters. The fourth-order valence-electron chi connectivity index (χ4n) is 0.549. The molecule has 0 amide bonds. The van der Waals surface area contributed by atoms with Crippen molar-refractivity contribution in [1.29, 1.82) is 0 Å². The van der Waals surface area contributed by atoms with Crippen LogP contribution in [0.3, 0.4) is 0 Å². The molecule has 0 bridgehead atoms. The maximum atomic E-state index is 12.2. The number of hydrogen-bond donors (Lipinski definition) is 0. The van der Waals surface area contributed by atoms with Crippen LogP contribution in [-0.4, -0.2) is 31.2 Å². The number of hydrogen-bond acceptors (Lipinski definition) is 1. The van der Waals surface area contributed by atoms with E-state index >= 15 is 0 Å². The van der Waals surface area contributed by atoms with E-state index in [1.807, 2.05) is 0 Å². The van der Waals surface area contributed by atoms with Crippen molar-refractivity contribution >= 4 is 0 Å². The summed E-state index contributed by atoms with van der Waals surface area (Å²) in [5.41, 5.74) is 0. The molecule has 0 unspecified atom stereocenters. The van der Waals surface area contributed by atoms with Gasteiger partial charge in [-0.3, -0.25) is 4.70 Å². The Balaban J connectivity index is 0. The molecule has 0 aromatic carbocycles. The van der Waals surface area contributed by atoms with Gasteiger partial charge < -0.3 is 4.74 Å². The molecule has 0 aliphatic rings. The maximum absolute atomic E-state index is 12.2. The minimum absolute atomic E-state index is 0. The van der Waals surface area contributed by atoms with E-state index in [9.17, 15) is 39.5 Å². The minimum atomic E-state index is -5.36. The Hall–Kier alpha value is -0.740. The maximum Gasteiger partial charge on any atom is 0.397 e. The van der Waals surface area contributed by atoms with Crippen LogP contribution in [0.25, 0.3) is 0 Å². The van der Waals surface area contributed by atoms with E-state index in [4.69, 9.17) is 0 Å². The molecule has 0 saturated heterocycles. The molecule has 0 aromatic rings. The summed E-state index contributed by atoms with van der Waals surface area (Å²) in [5, 5.41) is 0. The van der Waals surface area contributed by atoms with Gasteiger partial charge in [0.15, 0.2) is 0 Å². The van der Waals surface area contributed by atoms with Gasteiger partial charge in [0.25, 0.3) is 0 Å². The first kappa shape index (κ1) is 18.6. The van der Waals surface area contributed by atoms with Crippen molar-refractivity contribution in [3.05, 3.63) is 0 Å². The Kier molecular flexibility index (Phi) is 6.28. The monoisotopic (exact) mass is 284 g/mol. The van der Waals surface area contributed by atoms with Gasteiger partial charge in [0, 0.05) is 0 Å². The third-order valence-corrected chi connectivity index (χ3v) is 1.20. The van der Waals surface area contributed by atoms with Gasteiger partial charge >= 0.3 is 24.6 Å². The standard InChI is InChI=1S/C6H5F9O.FH/c7-3(8)4(9,10)2-16-6(14,15)1-5(11,12)13;/h3H,1-2H2;1H. The molecule has 1 nitrogen and oxygen atoms in total. The predicted octanol–water partition coefficient (Wildman–Crippen LogP) is 3.60. The molecule has 17 heavy (non-hydrogen) atoms. The minimum Gasteiger partial charge on any atom is -0.314 e. The smallest absolute Gasteiger partial charge is 0.314 e. The summed E-state index contributed by atoms with van der Waals surface area (Å²) in [5.74, 6) is -4.92. The average Bonchev–Trinajstić information content (AvgIpc) is 1.96. The first-order valence-corrected chi connectivity index (χ1v) is 3.60. The molecule has 0 spiro atoms. The van der Waals surface area contributed by atoms with Gasteiger partial charge in [0.05, 0.1) is 0 Å². The lowest BCUT2D eigenvalue weighted by Gasteiger charge is -2.21. The van der Waals surface area contributed by atoms with Crippen LogP contribution in [0.5, 0.6) is 0 Å². The van der Waals surface area contributed by atoms with Gasteiger partial charge in [-0.2, -0.15) is 30.7 Å². The zero-order valence-corrected chi connectivity index (χ0v) is 7.71. The highest BCUT2D eigenvalue weighted by atomic mass is 19.4. The molecule has 0 heterocycles. The summed E-state index contributed by atoms with van der Waals surface area (Å²) in [6, 6.07) is 0. The zero-order chi connectivity index (χ0) is 13.2. The van der Waals surface area contributed by atoms with E-state index in [-0.39, 0.29) is 4.70 Å². The highest BCUT2D eigenvalue weighted by Gasteiger charge is 2.49. The zero-order valence-electron chi connectivity index (χ0n) is 7.71. The summed E-state index contributed by atoms with van der Waals surface area (Å²) in [7, 11) is 0. The van der Waals surface area contributed by atoms with Crippen LogP contribution in [0.1, 0.15) is 6.42 Å². The summed E-state index contributed by atoms with van der Waals surface area (Å²) in [4.78, 5) is 0. The molecule has 11 heteroatoms. The molecule has 0 rings (SSSR count). The van der Waals surface area contributed by atoms with E-state index in [1.54, 1.807) is 0 Å². The van der Waals surface area contributed by atoms with Crippen LogP contribution in [-0.2, 0) is 4.74 Å². The molecule has 0 aromatic heterocycles. The lowest BCUT2D eigenvalue weighted by atomic mass is 10.3. The lowest BCUT2D eigenvalue weighted by Crippen LogP contribution is -2.38.